The molecule has 18 heavy (non-hydrogen) atoms. The van der Waals surface area contributed by atoms with Crippen LogP contribution in [0.5, 0.6) is 0 Å². The summed E-state index contributed by atoms with van der Waals surface area (Å²) in [5, 5.41) is 9.06. The van der Waals surface area contributed by atoms with Gasteiger partial charge in [0.15, 0.2) is 5.41 Å². The topological polar surface area (TPSA) is 72.8 Å². The van der Waals surface area contributed by atoms with Crippen LogP contribution in [0.1, 0.15) is 33.6 Å². The van der Waals surface area contributed by atoms with Crippen LogP contribution >= 0.6 is 0 Å². The van der Waals surface area contributed by atoms with Crippen molar-refractivity contribution in [1.82, 2.24) is 0 Å². The van der Waals surface area contributed by atoms with E-state index in [1.165, 1.54) is 0 Å². The molecule has 1 fully saturated rings. The molecule has 2 atom stereocenters. The van der Waals surface area contributed by atoms with Crippen molar-refractivity contribution in [3.8, 4) is 0 Å². The van der Waals surface area contributed by atoms with Crippen molar-refractivity contribution in [3.63, 3.8) is 0 Å². The van der Waals surface area contributed by atoms with Gasteiger partial charge in [0.1, 0.15) is 6.10 Å². The van der Waals surface area contributed by atoms with E-state index < -0.39 is 23.5 Å². The normalized spacial score (nSPS) is 26.7. The molecule has 0 radical (unpaired) electrons. The predicted octanol–water partition coefficient (Wildman–Crippen LogP) is 1.20. The average molecular weight is 256 g/mol. The summed E-state index contributed by atoms with van der Waals surface area (Å²) in [5.41, 5.74) is -0.278. The number of aliphatic hydroxyl groups is 1. The molecule has 1 saturated heterocycles. The molecule has 1 aliphatic rings. The van der Waals surface area contributed by atoms with Crippen molar-refractivity contribution in [2.24, 2.45) is 5.41 Å². The number of carbonyl (C=O) groups excluding carboxylic acids is 2. The van der Waals surface area contributed by atoms with Crippen molar-refractivity contribution < 1.29 is 24.2 Å². The van der Waals surface area contributed by atoms with E-state index >= 15 is 0 Å². The van der Waals surface area contributed by atoms with Gasteiger partial charge in [-0.15, -0.1) is 0 Å². The number of ether oxygens (including phenoxy) is 2. The first-order valence-corrected chi connectivity index (χ1v) is 6.08. The predicted molar refractivity (Wildman–Crippen MR) is 64.7 cm³/mol. The summed E-state index contributed by atoms with van der Waals surface area (Å²) >= 11 is 0. The van der Waals surface area contributed by atoms with Gasteiger partial charge in [-0.1, -0.05) is 11.6 Å². The minimum atomic E-state index is -1.29. The monoisotopic (exact) mass is 256 g/mol. The Balaban J connectivity index is 2.98. The Morgan fingerprint density at radius 1 is 1.61 bits per heavy atom. The van der Waals surface area contributed by atoms with Crippen LogP contribution in [0, 0.1) is 5.41 Å². The number of aliphatic hydroxyl groups excluding tert-OH is 1. The number of rotatable bonds is 5. The fourth-order valence-corrected chi connectivity index (χ4v) is 1.94. The molecule has 0 aromatic rings. The first-order chi connectivity index (χ1) is 8.46. The molecule has 1 heterocycles. The molecule has 0 aliphatic carbocycles. The van der Waals surface area contributed by atoms with Gasteiger partial charge in [0, 0.05) is 6.42 Å². The zero-order valence-electron chi connectivity index (χ0n) is 11.1. The summed E-state index contributed by atoms with van der Waals surface area (Å²) in [5.74, 6) is -1.17. The van der Waals surface area contributed by atoms with Crippen LogP contribution in [0.15, 0.2) is 11.6 Å². The molecule has 0 aromatic heterocycles. The molecule has 1 N–H and O–H groups in total. The molecule has 0 spiro atoms. The lowest BCUT2D eigenvalue weighted by atomic mass is 9.81. The second-order valence-corrected chi connectivity index (χ2v) is 4.70. The Hall–Kier alpha value is -1.36. The van der Waals surface area contributed by atoms with Gasteiger partial charge < -0.3 is 14.6 Å². The first-order valence-electron chi connectivity index (χ1n) is 6.08. The summed E-state index contributed by atoms with van der Waals surface area (Å²) in [6.45, 7) is 5.41. The van der Waals surface area contributed by atoms with E-state index in [1.807, 2.05) is 19.9 Å². The molecule has 0 saturated carbocycles. The maximum Gasteiger partial charge on any atom is 0.324 e. The van der Waals surface area contributed by atoms with Gasteiger partial charge >= 0.3 is 11.9 Å². The van der Waals surface area contributed by atoms with Gasteiger partial charge in [0.05, 0.1) is 13.2 Å². The fraction of sp³-hybridized carbons (Fsp3) is 0.692. The van der Waals surface area contributed by atoms with Crippen LogP contribution in [0.2, 0.25) is 0 Å². The highest BCUT2D eigenvalue weighted by Gasteiger charge is 2.55. The molecular formula is C13H20O5. The lowest BCUT2D eigenvalue weighted by Crippen LogP contribution is -2.37. The Bertz CT molecular complexity index is 356. The molecule has 1 aliphatic heterocycles. The molecule has 0 aromatic carbocycles. The van der Waals surface area contributed by atoms with E-state index in [0.29, 0.717) is 0 Å². The van der Waals surface area contributed by atoms with Gasteiger partial charge in [-0.25, -0.2) is 0 Å². The molecule has 0 amide bonds. The zero-order valence-corrected chi connectivity index (χ0v) is 11.1. The Labute approximate surface area is 107 Å². The lowest BCUT2D eigenvalue weighted by molar-refractivity contribution is -0.164. The average Bonchev–Trinajstić information content (AvgIpc) is 2.65. The van der Waals surface area contributed by atoms with Gasteiger partial charge in [-0.3, -0.25) is 9.59 Å². The molecule has 1 rings (SSSR count). The maximum absolute atomic E-state index is 12.0. The van der Waals surface area contributed by atoms with Gasteiger partial charge in [0.2, 0.25) is 0 Å². The number of esters is 2. The Morgan fingerprint density at radius 3 is 2.72 bits per heavy atom. The quantitative estimate of drug-likeness (QED) is 0.454. The van der Waals surface area contributed by atoms with Crippen LogP contribution in [0.3, 0.4) is 0 Å². The maximum atomic E-state index is 12.0. The number of hydrogen-bond donors (Lipinski definition) is 1. The van der Waals surface area contributed by atoms with Gasteiger partial charge in [0.25, 0.3) is 0 Å². The molecule has 2 unspecified atom stereocenters. The van der Waals surface area contributed by atoms with Crippen LogP contribution in [0.25, 0.3) is 0 Å². The molecule has 5 heteroatoms. The third kappa shape index (κ3) is 2.90. The number of hydrogen-bond acceptors (Lipinski definition) is 5. The summed E-state index contributed by atoms with van der Waals surface area (Å²) in [7, 11) is 0. The van der Waals surface area contributed by atoms with Crippen LogP contribution in [-0.2, 0) is 19.1 Å². The Kier molecular flexibility index (Phi) is 4.90. The minimum Gasteiger partial charge on any atom is -0.465 e. The van der Waals surface area contributed by atoms with Crippen molar-refractivity contribution >= 4 is 11.9 Å². The van der Waals surface area contributed by atoms with E-state index in [-0.39, 0.29) is 26.1 Å². The van der Waals surface area contributed by atoms with E-state index in [4.69, 9.17) is 14.6 Å². The van der Waals surface area contributed by atoms with E-state index in [0.717, 1.165) is 5.57 Å². The van der Waals surface area contributed by atoms with Crippen molar-refractivity contribution in [2.75, 3.05) is 13.2 Å². The van der Waals surface area contributed by atoms with Crippen LogP contribution < -0.4 is 0 Å². The third-order valence-electron chi connectivity index (χ3n) is 2.97. The zero-order chi connectivity index (χ0) is 13.8. The summed E-state index contributed by atoms with van der Waals surface area (Å²) in [6.07, 6.45) is 1.62. The summed E-state index contributed by atoms with van der Waals surface area (Å²) in [4.78, 5) is 23.9. The standard InChI is InChI=1S/C13H20O5/c1-4-17-11(15)13(6-5-9(2)3)7-10(8-14)18-12(13)16/h5,10,14H,4,6-8H2,1-3H3. The van der Waals surface area contributed by atoms with Gasteiger partial charge in [-0.2, -0.15) is 0 Å². The highest BCUT2D eigenvalue weighted by molar-refractivity contribution is 6.01. The molecule has 0 bridgehead atoms. The number of allylic oxidation sites excluding steroid dienone is 2. The highest BCUT2D eigenvalue weighted by atomic mass is 16.6. The first kappa shape index (κ1) is 14.7. The SMILES string of the molecule is CCOC(=O)C1(CC=C(C)C)CC(CO)OC1=O. The number of cyclic esters (lactones) is 1. The van der Waals surface area contributed by atoms with Gasteiger partial charge in [-0.05, 0) is 27.2 Å². The second kappa shape index (κ2) is 6.00. The van der Waals surface area contributed by atoms with Crippen molar-refractivity contribution in [3.05, 3.63) is 11.6 Å². The smallest absolute Gasteiger partial charge is 0.324 e. The summed E-state index contributed by atoms with van der Waals surface area (Å²) < 4.78 is 9.98. The second-order valence-electron chi connectivity index (χ2n) is 4.70. The minimum absolute atomic E-state index is 0.172. The highest BCUT2D eigenvalue weighted by Crippen LogP contribution is 2.39. The van der Waals surface area contributed by atoms with E-state index in [9.17, 15) is 9.59 Å². The molecule has 102 valence electrons. The molecule has 5 nitrogen and oxygen atoms in total. The van der Waals surface area contributed by atoms with Crippen LogP contribution in [-0.4, -0.2) is 36.4 Å². The lowest BCUT2D eigenvalue weighted by Gasteiger charge is -2.20. The largest absolute Gasteiger partial charge is 0.465 e. The summed E-state index contributed by atoms with van der Waals surface area (Å²) in [6, 6.07) is 0. The van der Waals surface area contributed by atoms with E-state index in [2.05, 4.69) is 0 Å². The van der Waals surface area contributed by atoms with Crippen LogP contribution in [0.4, 0.5) is 0 Å². The molecular weight excluding hydrogens is 236 g/mol. The van der Waals surface area contributed by atoms with Crippen molar-refractivity contribution in [1.29, 1.82) is 0 Å². The Morgan fingerprint density at radius 2 is 2.28 bits per heavy atom. The van der Waals surface area contributed by atoms with Crippen molar-refractivity contribution in [2.45, 2.75) is 39.7 Å². The third-order valence-corrected chi connectivity index (χ3v) is 2.97. The van der Waals surface area contributed by atoms with E-state index in [1.54, 1.807) is 6.92 Å². The fourth-order valence-electron chi connectivity index (χ4n) is 1.94. The number of carbonyl (C=O) groups is 2.